The summed E-state index contributed by atoms with van der Waals surface area (Å²) in [6.45, 7) is 4.16. The van der Waals surface area contributed by atoms with Gasteiger partial charge >= 0.3 is 0 Å². The van der Waals surface area contributed by atoms with Crippen LogP contribution in [0.15, 0.2) is 17.5 Å². The van der Waals surface area contributed by atoms with E-state index in [1.54, 1.807) is 11.3 Å². The minimum absolute atomic E-state index is 0.0131. The van der Waals surface area contributed by atoms with Crippen LogP contribution in [0.1, 0.15) is 50.4 Å². The van der Waals surface area contributed by atoms with Crippen molar-refractivity contribution in [1.29, 1.82) is 0 Å². The molecular formula is C13H22N2OS. The summed E-state index contributed by atoms with van der Waals surface area (Å²) in [4.78, 5) is 13.0. The van der Waals surface area contributed by atoms with E-state index in [0.717, 1.165) is 19.3 Å². The summed E-state index contributed by atoms with van der Waals surface area (Å²) >= 11 is 1.68. The molecule has 2 atom stereocenters. The zero-order chi connectivity index (χ0) is 12.7. The van der Waals surface area contributed by atoms with E-state index in [0.29, 0.717) is 6.42 Å². The Kier molecular flexibility index (Phi) is 6.22. The van der Waals surface area contributed by atoms with Gasteiger partial charge in [0.25, 0.3) is 0 Å². The maximum atomic E-state index is 11.8. The second-order valence-electron chi connectivity index (χ2n) is 4.30. The van der Waals surface area contributed by atoms with Gasteiger partial charge in [-0.2, -0.15) is 0 Å². The maximum absolute atomic E-state index is 11.8. The topological polar surface area (TPSA) is 55.1 Å². The molecule has 96 valence electrons. The van der Waals surface area contributed by atoms with Crippen LogP contribution in [0, 0.1) is 0 Å². The second kappa shape index (κ2) is 7.45. The van der Waals surface area contributed by atoms with Crippen molar-refractivity contribution in [2.45, 2.75) is 51.6 Å². The molecule has 1 amide bonds. The molecule has 2 unspecified atom stereocenters. The number of nitrogens with two attached hydrogens (primary N) is 1. The highest BCUT2D eigenvalue weighted by Crippen LogP contribution is 2.21. The molecule has 1 heterocycles. The van der Waals surface area contributed by atoms with Gasteiger partial charge < -0.3 is 11.1 Å². The highest BCUT2D eigenvalue weighted by Gasteiger charge is 2.15. The molecule has 0 bridgehead atoms. The van der Waals surface area contributed by atoms with Crippen molar-refractivity contribution in [3.05, 3.63) is 22.4 Å². The number of nitrogens with one attached hydrogen (secondary N) is 1. The normalized spacial score (nSPS) is 14.3. The lowest BCUT2D eigenvalue weighted by Gasteiger charge is -2.17. The van der Waals surface area contributed by atoms with E-state index < -0.39 is 0 Å². The first kappa shape index (κ1) is 14.2. The number of thiophene rings is 1. The van der Waals surface area contributed by atoms with Crippen LogP contribution in [0.3, 0.4) is 0 Å². The molecule has 1 rings (SSSR count). The van der Waals surface area contributed by atoms with Gasteiger partial charge in [-0.1, -0.05) is 26.3 Å². The first-order chi connectivity index (χ1) is 8.17. The molecule has 0 saturated carbocycles. The molecule has 0 saturated heterocycles. The molecule has 0 aromatic carbocycles. The summed E-state index contributed by atoms with van der Waals surface area (Å²) in [6.07, 6.45) is 3.27. The summed E-state index contributed by atoms with van der Waals surface area (Å²) in [7, 11) is 0. The van der Waals surface area contributed by atoms with Gasteiger partial charge in [0, 0.05) is 17.3 Å². The number of hydrogen-bond donors (Lipinski definition) is 2. The fourth-order valence-corrected chi connectivity index (χ4v) is 2.69. The summed E-state index contributed by atoms with van der Waals surface area (Å²) < 4.78 is 0. The third-order valence-electron chi connectivity index (χ3n) is 2.74. The maximum Gasteiger partial charge on any atom is 0.222 e. The molecule has 3 N–H and O–H groups in total. The van der Waals surface area contributed by atoms with E-state index in [1.807, 2.05) is 11.4 Å². The summed E-state index contributed by atoms with van der Waals surface area (Å²) in [5.74, 6) is 0.0613. The molecule has 0 radical (unpaired) electrons. The van der Waals surface area contributed by atoms with Crippen LogP contribution < -0.4 is 11.1 Å². The van der Waals surface area contributed by atoms with E-state index in [4.69, 9.17) is 5.73 Å². The van der Waals surface area contributed by atoms with E-state index in [2.05, 4.69) is 25.2 Å². The Morgan fingerprint density at radius 1 is 1.53 bits per heavy atom. The van der Waals surface area contributed by atoms with Gasteiger partial charge in [0.05, 0.1) is 6.04 Å². The molecule has 17 heavy (non-hydrogen) atoms. The van der Waals surface area contributed by atoms with Crippen LogP contribution in [0.5, 0.6) is 0 Å². The van der Waals surface area contributed by atoms with Crippen LogP contribution in [0.2, 0.25) is 0 Å². The lowest BCUT2D eigenvalue weighted by atomic mass is 10.1. The Morgan fingerprint density at radius 2 is 2.29 bits per heavy atom. The fraction of sp³-hybridized carbons (Fsp3) is 0.615. The lowest BCUT2D eigenvalue weighted by Crippen LogP contribution is -2.33. The SMILES string of the molecule is CCCC(N)CC(=O)NC(CC)c1cccs1. The Morgan fingerprint density at radius 3 is 2.82 bits per heavy atom. The molecule has 0 spiro atoms. The fourth-order valence-electron chi connectivity index (χ4n) is 1.83. The number of amides is 1. The molecule has 0 aliphatic rings. The van der Waals surface area contributed by atoms with Crippen LogP contribution >= 0.6 is 11.3 Å². The van der Waals surface area contributed by atoms with Crippen LogP contribution in [-0.4, -0.2) is 11.9 Å². The van der Waals surface area contributed by atoms with Crippen LogP contribution in [0.4, 0.5) is 0 Å². The van der Waals surface area contributed by atoms with Gasteiger partial charge in [0.2, 0.25) is 5.91 Å². The second-order valence-corrected chi connectivity index (χ2v) is 5.28. The molecule has 0 aliphatic carbocycles. The van der Waals surface area contributed by atoms with E-state index in [9.17, 15) is 4.79 Å². The van der Waals surface area contributed by atoms with Crippen molar-refractivity contribution >= 4 is 17.2 Å². The quantitative estimate of drug-likeness (QED) is 0.786. The Bertz CT molecular complexity index is 324. The van der Waals surface area contributed by atoms with Crippen LogP contribution in [0.25, 0.3) is 0 Å². The molecule has 0 fully saturated rings. The van der Waals surface area contributed by atoms with Crippen molar-refractivity contribution < 1.29 is 4.79 Å². The Labute approximate surface area is 107 Å². The monoisotopic (exact) mass is 254 g/mol. The number of rotatable bonds is 7. The Hall–Kier alpha value is -0.870. The van der Waals surface area contributed by atoms with Crippen LogP contribution in [-0.2, 0) is 4.79 Å². The molecule has 4 heteroatoms. The van der Waals surface area contributed by atoms with Gasteiger partial charge in [-0.25, -0.2) is 0 Å². The first-order valence-electron chi connectivity index (χ1n) is 6.25. The first-order valence-corrected chi connectivity index (χ1v) is 7.13. The minimum Gasteiger partial charge on any atom is -0.348 e. The third kappa shape index (κ3) is 4.88. The number of hydrogen-bond acceptors (Lipinski definition) is 3. The average Bonchev–Trinajstić information content (AvgIpc) is 2.79. The molecule has 3 nitrogen and oxygen atoms in total. The van der Waals surface area contributed by atoms with Crippen molar-refractivity contribution in [2.24, 2.45) is 5.73 Å². The highest BCUT2D eigenvalue weighted by atomic mass is 32.1. The third-order valence-corrected chi connectivity index (χ3v) is 3.72. The van der Waals surface area contributed by atoms with Gasteiger partial charge in [-0.3, -0.25) is 4.79 Å². The molecule has 1 aromatic heterocycles. The smallest absolute Gasteiger partial charge is 0.222 e. The van der Waals surface area contributed by atoms with Crippen molar-refractivity contribution in [2.75, 3.05) is 0 Å². The molecule has 1 aromatic rings. The lowest BCUT2D eigenvalue weighted by molar-refractivity contribution is -0.122. The van der Waals surface area contributed by atoms with Crippen molar-refractivity contribution in [3.8, 4) is 0 Å². The average molecular weight is 254 g/mol. The number of carbonyl (C=O) groups is 1. The summed E-state index contributed by atoms with van der Waals surface area (Å²) in [5, 5.41) is 5.08. The molecule has 0 aliphatic heterocycles. The van der Waals surface area contributed by atoms with E-state index >= 15 is 0 Å². The largest absolute Gasteiger partial charge is 0.348 e. The molecular weight excluding hydrogens is 232 g/mol. The van der Waals surface area contributed by atoms with E-state index in [1.165, 1.54) is 4.88 Å². The van der Waals surface area contributed by atoms with Crippen molar-refractivity contribution in [1.82, 2.24) is 5.32 Å². The highest BCUT2D eigenvalue weighted by molar-refractivity contribution is 7.10. The van der Waals surface area contributed by atoms with Gasteiger partial charge in [-0.15, -0.1) is 11.3 Å². The summed E-state index contributed by atoms with van der Waals surface area (Å²) in [6, 6.07) is 4.19. The van der Waals surface area contributed by atoms with Gasteiger partial charge in [-0.05, 0) is 24.3 Å². The zero-order valence-corrected chi connectivity index (χ0v) is 11.4. The standard InChI is InChI=1S/C13H22N2OS/c1-3-6-10(14)9-13(16)15-11(4-2)12-7-5-8-17-12/h5,7-8,10-11H,3-4,6,9,14H2,1-2H3,(H,15,16). The number of carbonyl (C=O) groups excluding carboxylic acids is 1. The summed E-state index contributed by atoms with van der Waals surface area (Å²) in [5.41, 5.74) is 5.86. The Balaban J connectivity index is 2.43. The minimum atomic E-state index is -0.0131. The van der Waals surface area contributed by atoms with Gasteiger partial charge in [0.1, 0.15) is 0 Å². The zero-order valence-electron chi connectivity index (χ0n) is 10.6. The predicted octanol–water partition coefficient (Wildman–Crippen LogP) is 2.83. The van der Waals surface area contributed by atoms with Gasteiger partial charge in [0.15, 0.2) is 0 Å². The predicted molar refractivity (Wildman–Crippen MR) is 73.0 cm³/mol. The van der Waals surface area contributed by atoms with E-state index in [-0.39, 0.29) is 18.0 Å². The van der Waals surface area contributed by atoms with Crippen molar-refractivity contribution in [3.63, 3.8) is 0 Å².